The van der Waals surface area contributed by atoms with Crippen LogP contribution in [0.5, 0.6) is 0 Å². The van der Waals surface area contributed by atoms with Crippen LogP contribution >= 0.6 is 11.6 Å². The number of halogens is 1. The summed E-state index contributed by atoms with van der Waals surface area (Å²) in [5, 5.41) is 6.12. The van der Waals surface area contributed by atoms with E-state index in [0.717, 1.165) is 24.3 Å². The molecule has 0 aromatic heterocycles. The van der Waals surface area contributed by atoms with Crippen LogP contribution in [0.3, 0.4) is 0 Å². The first-order valence-electron chi connectivity index (χ1n) is 9.90. The number of carbonyl (C=O) groups excluding carboxylic acids is 2. The molecule has 1 heterocycles. The SMILES string of the molecule is O=C(CCNC(=O)c1ccccc1Cl)Nc1ccccc1N1CCc2ccccc21. The zero-order valence-electron chi connectivity index (χ0n) is 16.4. The van der Waals surface area contributed by atoms with Crippen LogP contribution in [0, 0.1) is 0 Å². The van der Waals surface area contributed by atoms with Crippen LogP contribution in [0.2, 0.25) is 5.02 Å². The van der Waals surface area contributed by atoms with E-state index in [-0.39, 0.29) is 24.8 Å². The topological polar surface area (TPSA) is 61.4 Å². The fraction of sp³-hybridized carbons (Fsp3) is 0.167. The van der Waals surface area contributed by atoms with E-state index in [0.29, 0.717) is 10.6 Å². The monoisotopic (exact) mass is 419 g/mol. The number of hydrogen-bond donors (Lipinski definition) is 2. The molecular weight excluding hydrogens is 398 g/mol. The molecule has 0 bridgehead atoms. The first-order valence-corrected chi connectivity index (χ1v) is 10.3. The van der Waals surface area contributed by atoms with Crippen molar-refractivity contribution in [2.75, 3.05) is 23.3 Å². The molecular formula is C24H22ClN3O2. The first-order chi connectivity index (χ1) is 14.6. The summed E-state index contributed by atoms with van der Waals surface area (Å²) in [6, 6.07) is 22.9. The van der Waals surface area contributed by atoms with Crippen molar-refractivity contribution in [1.29, 1.82) is 0 Å². The molecule has 0 fully saturated rings. The molecule has 6 heteroatoms. The lowest BCUT2D eigenvalue weighted by molar-refractivity contribution is -0.116. The summed E-state index contributed by atoms with van der Waals surface area (Å²) < 4.78 is 0. The third-order valence-corrected chi connectivity index (χ3v) is 5.44. The van der Waals surface area contributed by atoms with Crippen molar-refractivity contribution in [3.63, 3.8) is 0 Å². The maximum Gasteiger partial charge on any atom is 0.252 e. The van der Waals surface area contributed by atoms with E-state index in [1.807, 2.05) is 36.4 Å². The smallest absolute Gasteiger partial charge is 0.252 e. The van der Waals surface area contributed by atoms with Crippen molar-refractivity contribution >= 4 is 40.5 Å². The van der Waals surface area contributed by atoms with E-state index in [2.05, 4.69) is 27.7 Å². The van der Waals surface area contributed by atoms with Gasteiger partial charge in [0.05, 0.1) is 22.0 Å². The van der Waals surface area contributed by atoms with Crippen LogP contribution in [0.15, 0.2) is 72.8 Å². The fourth-order valence-corrected chi connectivity index (χ4v) is 3.87. The van der Waals surface area contributed by atoms with E-state index in [1.165, 1.54) is 11.3 Å². The van der Waals surface area contributed by atoms with Gasteiger partial charge in [0.25, 0.3) is 5.91 Å². The third-order valence-electron chi connectivity index (χ3n) is 5.11. The fourth-order valence-electron chi connectivity index (χ4n) is 3.65. The van der Waals surface area contributed by atoms with Gasteiger partial charge in [0.1, 0.15) is 0 Å². The zero-order chi connectivity index (χ0) is 20.9. The highest BCUT2D eigenvalue weighted by Crippen LogP contribution is 2.38. The Morgan fingerprint density at radius 3 is 2.43 bits per heavy atom. The van der Waals surface area contributed by atoms with E-state index in [1.54, 1.807) is 24.3 Å². The Kier molecular flexibility index (Phi) is 6.00. The number of carbonyl (C=O) groups is 2. The van der Waals surface area contributed by atoms with Gasteiger partial charge in [-0.25, -0.2) is 0 Å². The van der Waals surface area contributed by atoms with E-state index < -0.39 is 0 Å². The predicted octanol–water partition coefficient (Wildman–Crippen LogP) is 4.79. The number of benzene rings is 3. The molecule has 5 nitrogen and oxygen atoms in total. The summed E-state index contributed by atoms with van der Waals surface area (Å²) in [6.45, 7) is 1.10. The molecule has 0 radical (unpaired) electrons. The quantitative estimate of drug-likeness (QED) is 0.603. The Labute approximate surface area is 180 Å². The Balaban J connectivity index is 1.38. The summed E-state index contributed by atoms with van der Waals surface area (Å²) >= 11 is 6.04. The highest BCUT2D eigenvalue weighted by Gasteiger charge is 2.22. The van der Waals surface area contributed by atoms with Crippen LogP contribution in [0.25, 0.3) is 0 Å². The van der Waals surface area contributed by atoms with Gasteiger partial charge in [-0.15, -0.1) is 0 Å². The Bertz CT molecular complexity index is 1080. The van der Waals surface area contributed by atoms with E-state index in [4.69, 9.17) is 11.6 Å². The lowest BCUT2D eigenvalue weighted by Crippen LogP contribution is -2.28. The van der Waals surface area contributed by atoms with Crippen LogP contribution < -0.4 is 15.5 Å². The number of nitrogens with zero attached hydrogens (tertiary/aromatic N) is 1. The zero-order valence-corrected chi connectivity index (χ0v) is 17.2. The van der Waals surface area contributed by atoms with E-state index in [9.17, 15) is 9.59 Å². The summed E-state index contributed by atoms with van der Waals surface area (Å²) in [5.41, 5.74) is 4.61. The second kappa shape index (κ2) is 9.01. The summed E-state index contributed by atoms with van der Waals surface area (Å²) in [6.07, 6.45) is 1.15. The lowest BCUT2D eigenvalue weighted by atomic mass is 10.1. The summed E-state index contributed by atoms with van der Waals surface area (Å²) in [4.78, 5) is 26.9. The molecule has 0 atom stereocenters. The number of nitrogens with one attached hydrogen (secondary N) is 2. The van der Waals surface area contributed by atoms with Crippen molar-refractivity contribution in [1.82, 2.24) is 5.32 Å². The molecule has 3 aromatic carbocycles. The lowest BCUT2D eigenvalue weighted by Gasteiger charge is -2.23. The molecule has 1 aliphatic rings. The Hall–Kier alpha value is -3.31. The first kappa shape index (κ1) is 20.0. The normalized spacial score (nSPS) is 12.4. The van der Waals surface area contributed by atoms with Crippen molar-refractivity contribution in [3.8, 4) is 0 Å². The number of hydrogen-bond acceptors (Lipinski definition) is 3. The minimum absolute atomic E-state index is 0.158. The minimum atomic E-state index is -0.289. The second-order valence-electron chi connectivity index (χ2n) is 7.08. The molecule has 2 N–H and O–H groups in total. The van der Waals surface area contributed by atoms with Gasteiger partial charge in [0.2, 0.25) is 5.91 Å². The summed E-state index contributed by atoms with van der Waals surface area (Å²) in [7, 11) is 0. The van der Waals surface area contributed by atoms with Gasteiger partial charge in [0, 0.05) is 25.2 Å². The Morgan fingerprint density at radius 2 is 1.60 bits per heavy atom. The van der Waals surface area contributed by atoms with Crippen molar-refractivity contribution in [3.05, 3.63) is 88.9 Å². The standard InChI is InChI=1S/C24H22ClN3O2/c25-19-9-3-2-8-18(19)24(30)26-15-13-23(29)27-20-10-4-6-12-22(20)28-16-14-17-7-1-5-11-21(17)28/h1-12H,13-16H2,(H,26,30)(H,27,29). The Morgan fingerprint density at radius 1 is 0.900 bits per heavy atom. The third kappa shape index (κ3) is 4.31. The minimum Gasteiger partial charge on any atom is -0.351 e. The average Bonchev–Trinajstić information content (AvgIpc) is 3.18. The molecule has 0 spiro atoms. The number of anilines is 3. The molecule has 0 saturated carbocycles. The largest absolute Gasteiger partial charge is 0.351 e. The van der Waals surface area contributed by atoms with Crippen LogP contribution in [0.4, 0.5) is 17.1 Å². The van der Waals surface area contributed by atoms with Gasteiger partial charge in [-0.2, -0.15) is 0 Å². The molecule has 30 heavy (non-hydrogen) atoms. The molecule has 1 aliphatic heterocycles. The predicted molar refractivity (Wildman–Crippen MR) is 121 cm³/mol. The highest BCUT2D eigenvalue weighted by molar-refractivity contribution is 6.33. The molecule has 4 rings (SSSR count). The molecule has 0 aliphatic carbocycles. The van der Waals surface area contributed by atoms with Crippen LogP contribution in [-0.4, -0.2) is 24.9 Å². The van der Waals surface area contributed by atoms with Crippen molar-refractivity contribution < 1.29 is 9.59 Å². The van der Waals surface area contributed by atoms with Crippen molar-refractivity contribution in [2.45, 2.75) is 12.8 Å². The molecule has 152 valence electrons. The number of rotatable bonds is 6. The van der Waals surface area contributed by atoms with Gasteiger partial charge in [-0.05, 0) is 42.3 Å². The molecule has 2 amide bonds. The average molecular weight is 420 g/mol. The number of fused-ring (bicyclic) bond motifs is 1. The van der Waals surface area contributed by atoms with Crippen LogP contribution in [-0.2, 0) is 11.2 Å². The van der Waals surface area contributed by atoms with Crippen molar-refractivity contribution in [2.24, 2.45) is 0 Å². The van der Waals surface area contributed by atoms with Gasteiger partial charge in [-0.1, -0.05) is 54.1 Å². The summed E-state index contributed by atoms with van der Waals surface area (Å²) in [5.74, 6) is -0.447. The van der Waals surface area contributed by atoms with Gasteiger partial charge < -0.3 is 15.5 Å². The number of para-hydroxylation sites is 3. The maximum absolute atomic E-state index is 12.5. The molecule has 0 unspecified atom stereocenters. The second-order valence-corrected chi connectivity index (χ2v) is 7.49. The van der Waals surface area contributed by atoms with Crippen LogP contribution in [0.1, 0.15) is 22.3 Å². The molecule has 3 aromatic rings. The maximum atomic E-state index is 12.5. The van der Waals surface area contributed by atoms with Gasteiger partial charge in [0.15, 0.2) is 0 Å². The van der Waals surface area contributed by atoms with Gasteiger partial charge >= 0.3 is 0 Å². The highest BCUT2D eigenvalue weighted by atomic mass is 35.5. The van der Waals surface area contributed by atoms with E-state index >= 15 is 0 Å². The number of amides is 2. The van der Waals surface area contributed by atoms with Gasteiger partial charge in [-0.3, -0.25) is 9.59 Å². The molecule has 0 saturated heterocycles.